The van der Waals surface area contributed by atoms with Gasteiger partial charge < -0.3 is 4.74 Å². The highest BCUT2D eigenvalue weighted by atomic mass is 35.5. The first-order valence-corrected chi connectivity index (χ1v) is 15.1. The molecule has 1 saturated heterocycles. The van der Waals surface area contributed by atoms with E-state index in [9.17, 15) is 13.2 Å². The Balaban J connectivity index is 1.45. The number of amides is 1. The quantitative estimate of drug-likeness (QED) is 0.333. The van der Waals surface area contributed by atoms with E-state index in [1.54, 1.807) is 17.0 Å². The zero-order chi connectivity index (χ0) is 25.7. The van der Waals surface area contributed by atoms with Crippen molar-refractivity contribution in [2.75, 3.05) is 50.0 Å². The van der Waals surface area contributed by atoms with Crippen LogP contribution < -0.4 is 4.90 Å². The van der Waals surface area contributed by atoms with Gasteiger partial charge in [-0.2, -0.15) is 0 Å². The van der Waals surface area contributed by atoms with Crippen LogP contribution in [0.25, 0.3) is 10.2 Å². The fourth-order valence-corrected chi connectivity index (χ4v) is 7.07. The molecule has 0 saturated carbocycles. The van der Waals surface area contributed by atoms with Crippen LogP contribution in [0.5, 0.6) is 0 Å². The summed E-state index contributed by atoms with van der Waals surface area (Å²) in [6.45, 7) is 6.53. The molecule has 1 aliphatic rings. The van der Waals surface area contributed by atoms with Crippen LogP contribution in [0.15, 0.2) is 41.3 Å². The minimum absolute atomic E-state index is 0.111. The minimum Gasteiger partial charge on any atom is -0.379 e. The molecule has 11 heteroatoms. The second kappa shape index (κ2) is 12.2. The van der Waals surface area contributed by atoms with Gasteiger partial charge in [0, 0.05) is 42.6 Å². The van der Waals surface area contributed by atoms with Crippen molar-refractivity contribution < 1.29 is 17.9 Å². The highest BCUT2D eigenvalue weighted by Crippen LogP contribution is 2.33. The van der Waals surface area contributed by atoms with Gasteiger partial charge in [0.2, 0.25) is 5.91 Å². The first-order chi connectivity index (χ1) is 17.2. The van der Waals surface area contributed by atoms with Crippen molar-refractivity contribution in [1.82, 2.24) is 9.88 Å². The second-order valence-electron chi connectivity index (χ2n) is 8.80. The molecule has 2 aromatic carbocycles. The fraction of sp³-hybridized carbons (Fsp3) is 0.440. The maximum absolute atomic E-state index is 13.3. The zero-order valence-electron chi connectivity index (χ0n) is 20.1. The Morgan fingerprint density at radius 3 is 2.56 bits per heavy atom. The molecule has 0 N–H and O–H groups in total. The molecule has 1 aliphatic heterocycles. The second-order valence-corrected chi connectivity index (χ2v) is 12.8. The Labute approximate surface area is 225 Å². The average molecular weight is 571 g/mol. The van der Waals surface area contributed by atoms with Crippen molar-refractivity contribution in [3.05, 3.63) is 52.0 Å². The number of carbonyl (C=O) groups is 1. The summed E-state index contributed by atoms with van der Waals surface area (Å²) < 4.78 is 31.7. The Morgan fingerprint density at radius 1 is 1.11 bits per heavy atom. The number of sulfone groups is 1. The van der Waals surface area contributed by atoms with Gasteiger partial charge in [-0.25, -0.2) is 13.4 Å². The van der Waals surface area contributed by atoms with E-state index in [4.69, 9.17) is 32.9 Å². The van der Waals surface area contributed by atoms with E-state index in [0.717, 1.165) is 55.0 Å². The standard InChI is InChI=1S/C25H29Cl2N3O4S2/c1-18-16-20(27)17-22-24(18)28-25(35-22)30(10-3-9-29-11-13-34-14-12-29)23(31)4-2-15-36(32,33)21-7-5-19(26)6-8-21/h5-8,16-17H,2-4,9-15H2,1H3. The van der Waals surface area contributed by atoms with Crippen LogP contribution in [0, 0.1) is 6.92 Å². The topological polar surface area (TPSA) is 79.8 Å². The lowest BCUT2D eigenvalue weighted by Crippen LogP contribution is -2.39. The lowest BCUT2D eigenvalue weighted by atomic mass is 10.2. The molecule has 4 rings (SSSR count). The van der Waals surface area contributed by atoms with E-state index in [1.807, 2.05) is 19.1 Å². The van der Waals surface area contributed by atoms with Crippen LogP contribution in [-0.2, 0) is 19.4 Å². The zero-order valence-corrected chi connectivity index (χ0v) is 23.2. The summed E-state index contributed by atoms with van der Waals surface area (Å²) in [6, 6.07) is 9.81. The number of carbonyl (C=O) groups excluding carboxylic acids is 1. The molecular formula is C25H29Cl2N3O4S2. The van der Waals surface area contributed by atoms with Gasteiger partial charge in [0.1, 0.15) is 0 Å². The lowest BCUT2D eigenvalue weighted by Gasteiger charge is -2.27. The third-order valence-electron chi connectivity index (χ3n) is 6.11. The highest BCUT2D eigenvalue weighted by molar-refractivity contribution is 7.91. The van der Waals surface area contributed by atoms with Crippen molar-refractivity contribution in [3.8, 4) is 0 Å². The third kappa shape index (κ3) is 6.96. The van der Waals surface area contributed by atoms with Crippen LogP contribution >= 0.6 is 34.5 Å². The van der Waals surface area contributed by atoms with Crippen molar-refractivity contribution in [2.45, 2.75) is 31.1 Å². The van der Waals surface area contributed by atoms with Gasteiger partial charge >= 0.3 is 0 Å². The molecule has 7 nitrogen and oxygen atoms in total. The number of rotatable bonds is 10. The van der Waals surface area contributed by atoms with E-state index in [0.29, 0.717) is 21.7 Å². The highest BCUT2D eigenvalue weighted by Gasteiger charge is 2.22. The summed E-state index contributed by atoms with van der Waals surface area (Å²) in [5, 5.41) is 1.72. The minimum atomic E-state index is -3.50. The number of halogens is 2. The molecule has 0 radical (unpaired) electrons. The predicted octanol–water partition coefficient (Wildman–Crippen LogP) is 5.22. The molecule has 1 amide bonds. The number of benzene rings is 2. The van der Waals surface area contributed by atoms with Crippen LogP contribution in [0.3, 0.4) is 0 Å². The Kier molecular flexibility index (Phi) is 9.24. The molecule has 0 aliphatic carbocycles. The van der Waals surface area contributed by atoms with Crippen molar-refractivity contribution in [3.63, 3.8) is 0 Å². The maximum atomic E-state index is 13.3. The van der Waals surface area contributed by atoms with E-state index >= 15 is 0 Å². The van der Waals surface area contributed by atoms with Gasteiger partial charge in [0.05, 0.1) is 34.1 Å². The van der Waals surface area contributed by atoms with Gasteiger partial charge in [0.25, 0.3) is 0 Å². The molecule has 0 unspecified atom stereocenters. The number of nitrogens with zero attached hydrogens (tertiary/aromatic N) is 3. The number of fused-ring (bicyclic) bond motifs is 1. The SMILES string of the molecule is Cc1cc(Cl)cc2sc(N(CCCN3CCOCC3)C(=O)CCCS(=O)(=O)c3ccc(Cl)cc3)nc12. The fourth-order valence-electron chi connectivity index (χ4n) is 4.17. The summed E-state index contributed by atoms with van der Waals surface area (Å²) in [5.41, 5.74) is 1.78. The van der Waals surface area contributed by atoms with E-state index < -0.39 is 9.84 Å². The molecule has 36 heavy (non-hydrogen) atoms. The number of ether oxygens (including phenoxy) is 1. The first-order valence-electron chi connectivity index (χ1n) is 11.9. The van der Waals surface area contributed by atoms with E-state index in [2.05, 4.69) is 4.90 Å². The van der Waals surface area contributed by atoms with Crippen LogP contribution in [0.4, 0.5) is 5.13 Å². The van der Waals surface area contributed by atoms with Crippen molar-refractivity contribution in [2.24, 2.45) is 0 Å². The van der Waals surface area contributed by atoms with Gasteiger partial charge in [-0.15, -0.1) is 0 Å². The van der Waals surface area contributed by atoms with Gasteiger partial charge in [-0.1, -0.05) is 34.5 Å². The molecule has 194 valence electrons. The lowest BCUT2D eigenvalue weighted by molar-refractivity contribution is -0.118. The summed E-state index contributed by atoms with van der Waals surface area (Å²) in [4.78, 5) is 22.3. The van der Waals surface area contributed by atoms with Crippen molar-refractivity contribution in [1.29, 1.82) is 0 Å². The Bertz CT molecular complexity index is 1310. The van der Waals surface area contributed by atoms with Crippen molar-refractivity contribution >= 4 is 65.6 Å². The molecule has 0 bridgehead atoms. The number of aryl methyl sites for hydroxylation is 1. The van der Waals surface area contributed by atoms with Crippen LogP contribution in [0.1, 0.15) is 24.8 Å². The molecular weight excluding hydrogens is 541 g/mol. The summed E-state index contributed by atoms with van der Waals surface area (Å²) >= 11 is 13.5. The normalized spacial score (nSPS) is 14.9. The number of morpholine rings is 1. The number of aromatic nitrogens is 1. The molecule has 0 spiro atoms. The van der Waals surface area contributed by atoms with Crippen LogP contribution in [0.2, 0.25) is 10.0 Å². The molecule has 2 heterocycles. The van der Waals surface area contributed by atoms with E-state index in [1.165, 1.54) is 23.5 Å². The first kappa shape index (κ1) is 27.3. The molecule has 0 atom stereocenters. The smallest absolute Gasteiger partial charge is 0.228 e. The third-order valence-corrected chi connectivity index (χ3v) is 9.42. The number of anilines is 1. The van der Waals surface area contributed by atoms with E-state index in [-0.39, 0.29) is 29.4 Å². The monoisotopic (exact) mass is 569 g/mol. The number of thiazole rings is 1. The maximum Gasteiger partial charge on any atom is 0.228 e. The molecule has 1 aromatic heterocycles. The number of hydrogen-bond acceptors (Lipinski definition) is 7. The van der Waals surface area contributed by atoms with Crippen LogP contribution in [-0.4, -0.2) is 69.4 Å². The molecule has 3 aromatic rings. The largest absolute Gasteiger partial charge is 0.379 e. The average Bonchev–Trinajstić information content (AvgIpc) is 3.26. The summed E-state index contributed by atoms with van der Waals surface area (Å²) in [5.74, 6) is -0.248. The Hall–Kier alpha value is -1.75. The summed E-state index contributed by atoms with van der Waals surface area (Å²) in [6.07, 6.45) is 1.12. The Morgan fingerprint density at radius 2 is 1.83 bits per heavy atom. The molecule has 1 fully saturated rings. The predicted molar refractivity (Wildman–Crippen MR) is 146 cm³/mol. The van der Waals surface area contributed by atoms with Gasteiger partial charge in [0.15, 0.2) is 15.0 Å². The van der Waals surface area contributed by atoms with Gasteiger partial charge in [-0.3, -0.25) is 14.6 Å². The number of hydrogen-bond donors (Lipinski definition) is 0. The van der Waals surface area contributed by atoms with Gasteiger partial charge in [-0.05, 0) is 61.7 Å². The summed E-state index contributed by atoms with van der Waals surface area (Å²) in [7, 11) is -3.50.